The van der Waals surface area contributed by atoms with Gasteiger partial charge in [0.15, 0.2) is 5.82 Å². The largest absolute Gasteiger partial charge is 0.439 e. The van der Waals surface area contributed by atoms with Gasteiger partial charge in [-0.1, -0.05) is 23.8 Å². The van der Waals surface area contributed by atoms with Crippen molar-refractivity contribution in [2.24, 2.45) is 0 Å². The number of anilines is 1. The molecule has 8 heteroatoms. The molecule has 2 aromatic heterocycles. The third-order valence-electron chi connectivity index (χ3n) is 5.00. The Balaban J connectivity index is 1.45. The van der Waals surface area contributed by atoms with E-state index < -0.39 is 11.7 Å². The summed E-state index contributed by atoms with van der Waals surface area (Å²) in [5.41, 5.74) is 1.70. The van der Waals surface area contributed by atoms with Gasteiger partial charge in [-0.05, 0) is 55.7 Å². The number of aromatic nitrogens is 3. The van der Waals surface area contributed by atoms with Crippen LogP contribution in [-0.2, 0) is 6.18 Å². The lowest BCUT2D eigenvalue weighted by Gasteiger charge is -2.29. The van der Waals surface area contributed by atoms with Crippen LogP contribution < -0.4 is 9.64 Å². The first-order chi connectivity index (χ1) is 14.9. The van der Waals surface area contributed by atoms with E-state index in [9.17, 15) is 13.2 Å². The Morgan fingerprint density at radius 1 is 1.03 bits per heavy atom. The summed E-state index contributed by atoms with van der Waals surface area (Å²) in [5.74, 6) is 1.24. The highest BCUT2D eigenvalue weighted by atomic mass is 19.4. The van der Waals surface area contributed by atoms with Crippen LogP contribution in [0.2, 0.25) is 0 Å². The molecule has 1 aliphatic rings. The van der Waals surface area contributed by atoms with Crippen molar-refractivity contribution in [2.75, 3.05) is 18.0 Å². The minimum atomic E-state index is -4.45. The molecule has 0 saturated carbocycles. The van der Waals surface area contributed by atoms with Gasteiger partial charge in [0.1, 0.15) is 5.75 Å². The van der Waals surface area contributed by atoms with E-state index in [0.29, 0.717) is 5.75 Å². The van der Waals surface area contributed by atoms with E-state index in [2.05, 4.69) is 26.2 Å². The summed E-state index contributed by atoms with van der Waals surface area (Å²) >= 11 is 0. The number of ether oxygens (including phenoxy) is 1. The van der Waals surface area contributed by atoms with Crippen LogP contribution in [0.3, 0.4) is 0 Å². The third-order valence-corrected chi connectivity index (χ3v) is 5.00. The highest BCUT2D eigenvalue weighted by molar-refractivity contribution is 5.56. The number of halogens is 3. The average Bonchev–Trinajstić information content (AvgIpc) is 2.74. The molecule has 5 nitrogen and oxygen atoms in total. The Morgan fingerprint density at radius 2 is 1.84 bits per heavy atom. The maximum Gasteiger partial charge on any atom is 0.416 e. The summed E-state index contributed by atoms with van der Waals surface area (Å²) in [6.07, 6.45) is 1.11. The fraction of sp³-hybridized carbons (Fsp3) is 0.261. The number of rotatable bonds is 4. The molecule has 4 rings (SSSR count). The number of aryl methyl sites for hydroxylation is 1. The minimum absolute atomic E-state index is 0.0746. The van der Waals surface area contributed by atoms with Gasteiger partial charge in [-0.15, -0.1) is 5.10 Å². The molecular weight excluding hydrogens is 405 g/mol. The Kier molecular flexibility index (Phi) is 5.88. The van der Waals surface area contributed by atoms with Crippen molar-refractivity contribution < 1.29 is 17.9 Å². The highest BCUT2D eigenvalue weighted by Crippen LogP contribution is 2.33. The van der Waals surface area contributed by atoms with Crippen molar-refractivity contribution in [1.82, 2.24) is 15.2 Å². The molecule has 1 saturated heterocycles. The van der Waals surface area contributed by atoms with E-state index in [-0.39, 0.29) is 11.6 Å². The molecule has 0 radical (unpaired) electrons. The van der Waals surface area contributed by atoms with Crippen LogP contribution >= 0.6 is 0 Å². The lowest BCUT2D eigenvalue weighted by molar-refractivity contribution is -0.137. The zero-order valence-corrected chi connectivity index (χ0v) is 16.9. The second-order valence-corrected chi connectivity index (χ2v) is 7.38. The predicted octanol–water partition coefficient (Wildman–Crippen LogP) is 5.67. The zero-order chi connectivity index (χ0) is 21.8. The summed E-state index contributed by atoms with van der Waals surface area (Å²) in [7, 11) is 0. The van der Waals surface area contributed by atoms with E-state index >= 15 is 0 Å². The first-order valence-corrected chi connectivity index (χ1v) is 9.93. The average molecular weight is 426 g/mol. The van der Waals surface area contributed by atoms with Gasteiger partial charge in [0.05, 0.1) is 5.56 Å². The molecule has 1 aliphatic heterocycles. The topological polar surface area (TPSA) is 51.1 Å². The summed E-state index contributed by atoms with van der Waals surface area (Å²) < 4.78 is 44.8. The molecular formula is C23H21F3N4O. The molecule has 1 aromatic carbocycles. The highest BCUT2D eigenvalue weighted by Gasteiger charge is 2.31. The normalized spacial score (nSPS) is 14.5. The molecule has 160 valence electrons. The Hall–Kier alpha value is -3.42. The standard InChI is InChI=1S/C23H21F3N4O/c1-16-12-19(23(24,25)26)15-22(28-16)31-20-5-2-4-18(14-20)13-17-7-10-30(11-8-17)21-6-3-9-27-29-21/h2-6,9,12-15H,7-8,10-11H2,1H3. The Morgan fingerprint density at radius 3 is 2.55 bits per heavy atom. The van der Waals surface area contributed by atoms with Gasteiger partial charge in [0.25, 0.3) is 0 Å². The number of benzene rings is 1. The molecule has 1 fully saturated rings. The smallest absolute Gasteiger partial charge is 0.416 e. The van der Waals surface area contributed by atoms with Gasteiger partial charge in [-0.3, -0.25) is 0 Å². The number of alkyl halides is 3. The van der Waals surface area contributed by atoms with E-state index in [0.717, 1.165) is 49.4 Å². The molecule has 0 atom stereocenters. The second-order valence-electron chi connectivity index (χ2n) is 7.38. The molecule has 3 heterocycles. The van der Waals surface area contributed by atoms with Crippen LogP contribution in [0.1, 0.15) is 29.7 Å². The van der Waals surface area contributed by atoms with Gasteiger partial charge >= 0.3 is 6.18 Å². The van der Waals surface area contributed by atoms with Crippen LogP contribution in [0.25, 0.3) is 6.08 Å². The van der Waals surface area contributed by atoms with Crippen LogP contribution in [0, 0.1) is 6.92 Å². The van der Waals surface area contributed by atoms with Crippen molar-refractivity contribution in [2.45, 2.75) is 25.9 Å². The van der Waals surface area contributed by atoms with Crippen molar-refractivity contribution in [3.63, 3.8) is 0 Å². The second kappa shape index (κ2) is 8.75. The SMILES string of the molecule is Cc1cc(C(F)(F)F)cc(Oc2cccc(C=C3CCN(c4cccnn4)CC3)c2)n1. The quantitative estimate of drug-likeness (QED) is 0.538. The fourth-order valence-electron chi connectivity index (χ4n) is 3.51. The van der Waals surface area contributed by atoms with Crippen molar-refractivity contribution >= 4 is 11.9 Å². The molecule has 0 bridgehead atoms. The minimum Gasteiger partial charge on any atom is -0.439 e. The lowest BCUT2D eigenvalue weighted by Crippen LogP contribution is -2.31. The number of hydrogen-bond acceptors (Lipinski definition) is 5. The monoisotopic (exact) mass is 426 g/mol. The number of piperidine rings is 1. The predicted molar refractivity (Wildman–Crippen MR) is 112 cm³/mol. The maximum atomic E-state index is 13.0. The van der Waals surface area contributed by atoms with E-state index in [1.807, 2.05) is 24.3 Å². The first-order valence-electron chi connectivity index (χ1n) is 9.93. The van der Waals surface area contributed by atoms with Gasteiger partial charge in [0, 0.05) is 31.0 Å². The van der Waals surface area contributed by atoms with Gasteiger partial charge < -0.3 is 9.64 Å². The molecule has 0 aliphatic carbocycles. The van der Waals surface area contributed by atoms with Crippen molar-refractivity contribution in [1.29, 1.82) is 0 Å². The lowest BCUT2D eigenvalue weighted by atomic mass is 10.0. The van der Waals surface area contributed by atoms with Gasteiger partial charge in [-0.25, -0.2) is 4.98 Å². The molecule has 0 unspecified atom stereocenters. The third kappa shape index (κ3) is 5.39. The number of pyridine rings is 1. The van der Waals surface area contributed by atoms with Crippen LogP contribution in [0.15, 0.2) is 60.3 Å². The van der Waals surface area contributed by atoms with Crippen LogP contribution in [0.5, 0.6) is 11.6 Å². The summed E-state index contributed by atoms with van der Waals surface area (Å²) in [4.78, 5) is 6.27. The number of hydrogen-bond donors (Lipinski definition) is 0. The van der Waals surface area contributed by atoms with E-state index in [1.54, 1.807) is 18.3 Å². The van der Waals surface area contributed by atoms with Gasteiger partial charge in [0.2, 0.25) is 5.88 Å². The molecule has 31 heavy (non-hydrogen) atoms. The first kappa shape index (κ1) is 20.8. The zero-order valence-electron chi connectivity index (χ0n) is 16.9. The molecule has 3 aromatic rings. The molecule has 0 spiro atoms. The summed E-state index contributed by atoms with van der Waals surface area (Å²) in [5, 5.41) is 8.08. The van der Waals surface area contributed by atoms with Crippen molar-refractivity contribution in [3.05, 3.63) is 77.1 Å². The molecule has 0 N–H and O–H groups in total. The Bertz CT molecular complexity index is 1070. The fourth-order valence-corrected chi connectivity index (χ4v) is 3.51. The van der Waals surface area contributed by atoms with Crippen LogP contribution in [-0.4, -0.2) is 28.3 Å². The van der Waals surface area contributed by atoms with E-state index in [1.165, 1.54) is 12.5 Å². The Labute approximate surface area is 178 Å². The molecule has 0 amide bonds. The van der Waals surface area contributed by atoms with Crippen molar-refractivity contribution in [3.8, 4) is 11.6 Å². The number of nitrogens with zero attached hydrogens (tertiary/aromatic N) is 4. The van der Waals surface area contributed by atoms with E-state index in [4.69, 9.17) is 4.74 Å². The van der Waals surface area contributed by atoms with Crippen LogP contribution in [0.4, 0.5) is 19.0 Å². The van der Waals surface area contributed by atoms with Gasteiger partial charge in [-0.2, -0.15) is 18.3 Å². The maximum absolute atomic E-state index is 13.0. The summed E-state index contributed by atoms with van der Waals surface area (Å²) in [6, 6.07) is 13.0. The summed E-state index contributed by atoms with van der Waals surface area (Å²) in [6.45, 7) is 3.22.